The van der Waals surface area contributed by atoms with Crippen molar-refractivity contribution in [2.45, 2.75) is 45.2 Å². The highest BCUT2D eigenvalue weighted by molar-refractivity contribution is 6.30. The summed E-state index contributed by atoms with van der Waals surface area (Å²) in [7, 11) is 0. The minimum atomic E-state index is 0.488. The second-order valence-corrected chi connectivity index (χ2v) is 5.54. The summed E-state index contributed by atoms with van der Waals surface area (Å²) < 4.78 is 0. The Hall–Kier alpha value is -0.870. The second-order valence-electron chi connectivity index (χ2n) is 5.11. The third-order valence-corrected chi connectivity index (χ3v) is 3.45. The molecule has 0 aliphatic carbocycles. The molecule has 18 heavy (non-hydrogen) atoms. The van der Waals surface area contributed by atoms with Crippen LogP contribution in [0.25, 0.3) is 0 Å². The molecular formula is C13H21ClN4. The van der Waals surface area contributed by atoms with Crippen LogP contribution in [-0.4, -0.2) is 35.1 Å². The summed E-state index contributed by atoms with van der Waals surface area (Å²) in [6.07, 6.45) is 7.04. The fourth-order valence-corrected chi connectivity index (χ4v) is 2.40. The van der Waals surface area contributed by atoms with Gasteiger partial charge in [0.15, 0.2) is 0 Å². The second kappa shape index (κ2) is 6.34. The van der Waals surface area contributed by atoms with Crippen molar-refractivity contribution in [2.75, 3.05) is 18.0 Å². The maximum Gasteiger partial charge on any atom is 0.225 e. The average molecular weight is 269 g/mol. The number of piperidine rings is 1. The van der Waals surface area contributed by atoms with Crippen molar-refractivity contribution >= 4 is 17.5 Å². The van der Waals surface area contributed by atoms with Gasteiger partial charge in [-0.15, -0.1) is 0 Å². The summed E-state index contributed by atoms with van der Waals surface area (Å²) >= 11 is 5.83. The zero-order valence-electron chi connectivity index (χ0n) is 11.1. The van der Waals surface area contributed by atoms with Crippen molar-refractivity contribution in [3.63, 3.8) is 0 Å². The number of aromatic nitrogens is 2. The van der Waals surface area contributed by atoms with Crippen LogP contribution in [0.3, 0.4) is 0 Å². The van der Waals surface area contributed by atoms with Gasteiger partial charge in [0.25, 0.3) is 0 Å². The molecule has 2 heterocycles. The first-order valence-corrected chi connectivity index (χ1v) is 7.02. The first kappa shape index (κ1) is 13.6. The molecule has 0 bridgehead atoms. The number of nitrogens with one attached hydrogen (secondary N) is 1. The van der Waals surface area contributed by atoms with E-state index >= 15 is 0 Å². The van der Waals surface area contributed by atoms with Gasteiger partial charge in [0.05, 0.1) is 17.4 Å². The molecule has 0 aromatic carbocycles. The van der Waals surface area contributed by atoms with Crippen LogP contribution in [0.4, 0.5) is 5.95 Å². The molecule has 0 spiro atoms. The highest BCUT2D eigenvalue weighted by Gasteiger charge is 2.24. The van der Waals surface area contributed by atoms with Gasteiger partial charge in [0, 0.05) is 25.2 Å². The largest absolute Gasteiger partial charge is 0.337 e. The van der Waals surface area contributed by atoms with Crippen molar-refractivity contribution < 1.29 is 0 Å². The molecule has 2 rings (SSSR count). The third kappa shape index (κ3) is 3.56. The van der Waals surface area contributed by atoms with Crippen LogP contribution in [-0.2, 0) is 0 Å². The van der Waals surface area contributed by atoms with Crippen LogP contribution in [0.1, 0.15) is 33.1 Å². The Labute approximate surface area is 114 Å². The normalized spacial score (nSPS) is 20.4. The molecule has 0 saturated carbocycles. The standard InChI is InChI=1S/C13H21ClN4/c1-10(2)15-9-12-5-3-4-6-18(12)13-16-7-11(14)8-17-13/h7-8,10,12,15H,3-6,9H2,1-2H3. The molecule has 1 aliphatic heterocycles. The van der Waals surface area contributed by atoms with Crippen LogP contribution in [0.5, 0.6) is 0 Å². The Morgan fingerprint density at radius 1 is 1.39 bits per heavy atom. The van der Waals surface area contributed by atoms with Gasteiger partial charge < -0.3 is 10.2 Å². The van der Waals surface area contributed by atoms with E-state index < -0.39 is 0 Å². The highest BCUT2D eigenvalue weighted by atomic mass is 35.5. The van der Waals surface area contributed by atoms with Gasteiger partial charge in [-0.2, -0.15) is 0 Å². The molecule has 100 valence electrons. The van der Waals surface area contributed by atoms with E-state index in [0.717, 1.165) is 19.0 Å². The van der Waals surface area contributed by atoms with E-state index in [4.69, 9.17) is 11.6 Å². The number of anilines is 1. The Morgan fingerprint density at radius 2 is 2.11 bits per heavy atom. The lowest BCUT2D eigenvalue weighted by Gasteiger charge is -2.36. The topological polar surface area (TPSA) is 41.0 Å². The highest BCUT2D eigenvalue weighted by Crippen LogP contribution is 2.21. The lowest BCUT2D eigenvalue weighted by Crippen LogP contribution is -2.47. The van der Waals surface area contributed by atoms with Crippen LogP contribution < -0.4 is 10.2 Å². The fraction of sp³-hybridized carbons (Fsp3) is 0.692. The van der Waals surface area contributed by atoms with Crippen LogP contribution in [0.2, 0.25) is 5.02 Å². The fourth-order valence-electron chi connectivity index (χ4n) is 2.30. The summed E-state index contributed by atoms with van der Waals surface area (Å²) in [4.78, 5) is 11.0. The van der Waals surface area contributed by atoms with Gasteiger partial charge in [-0.25, -0.2) is 9.97 Å². The maximum absolute atomic E-state index is 5.83. The van der Waals surface area contributed by atoms with Crippen molar-refractivity contribution in [3.8, 4) is 0 Å². The zero-order valence-corrected chi connectivity index (χ0v) is 11.8. The molecule has 4 nitrogen and oxygen atoms in total. The molecule has 1 unspecified atom stereocenters. The van der Waals surface area contributed by atoms with Gasteiger partial charge in [0.2, 0.25) is 5.95 Å². The quantitative estimate of drug-likeness (QED) is 0.911. The molecule has 0 amide bonds. The predicted molar refractivity (Wildman–Crippen MR) is 75.2 cm³/mol. The van der Waals surface area contributed by atoms with E-state index in [1.165, 1.54) is 19.3 Å². The smallest absolute Gasteiger partial charge is 0.225 e. The average Bonchev–Trinajstić information content (AvgIpc) is 2.38. The summed E-state index contributed by atoms with van der Waals surface area (Å²) in [5.74, 6) is 0.801. The van der Waals surface area contributed by atoms with E-state index in [-0.39, 0.29) is 0 Å². The number of halogens is 1. The summed E-state index contributed by atoms with van der Waals surface area (Å²) in [6, 6.07) is 1.00. The predicted octanol–water partition coefficient (Wildman–Crippen LogP) is 2.49. The Kier molecular flexibility index (Phi) is 4.78. The zero-order chi connectivity index (χ0) is 13.0. The third-order valence-electron chi connectivity index (χ3n) is 3.25. The minimum absolute atomic E-state index is 0.488. The number of nitrogens with zero attached hydrogens (tertiary/aromatic N) is 3. The number of hydrogen-bond acceptors (Lipinski definition) is 4. The number of hydrogen-bond donors (Lipinski definition) is 1. The Balaban J connectivity index is 2.05. The monoisotopic (exact) mass is 268 g/mol. The van der Waals surface area contributed by atoms with E-state index in [0.29, 0.717) is 17.1 Å². The number of rotatable bonds is 4. The first-order valence-electron chi connectivity index (χ1n) is 6.64. The lowest BCUT2D eigenvalue weighted by atomic mass is 10.0. The van der Waals surface area contributed by atoms with Crippen LogP contribution in [0.15, 0.2) is 12.4 Å². The van der Waals surface area contributed by atoms with E-state index in [1.54, 1.807) is 12.4 Å². The van der Waals surface area contributed by atoms with Gasteiger partial charge >= 0.3 is 0 Å². The summed E-state index contributed by atoms with van der Waals surface area (Å²) in [5, 5.41) is 4.09. The van der Waals surface area contributed by atoms with Crippen molar-refractivity contribution in [2.24, 2.45) is 0 Å². The first-order chi connectivity index (χ1) is 8.66. The Bertz CT molecular complexity index is 366. The van der Waals surface area contributed by atoms with Crippen LogP contribution in [0, 0.1) is 0 Å². The van der Waals surface area contributed by atoms with E-state index in [1.807, 2.05) is 0 Å². The lowest BCUT2D eigenvalue weighted by molar-refractivity contribution is 0.416. The van der Waals surface area contributed by atoms with Crippen molar-refractivity contribution in [1.29, 1.82) is 0 Å². The molecule has 1 aromatic heterocycles. The van der Waals surface area contributed by atoms with Gasteiger partial charge in [-0.1, -0.05) is 25.4 Å². The van der Waals surface area contributed by atoms with Gasteiger partial charge in [-0.05, 0) is 19.3 Å². The van der Waals surface area contributed by atoms with E-state index in [2.05, 4.69) is 34.0 Å². The Morgan fingerprint density at radius 3 is 2.78 bits per heavy atom. The molecule has 1 fully saturated rings. The summed E-state index contributed by atoms with van der Waals surface area (Å²) in [6.45, 7) is 6.37. The van der Waals surface area contributed by atoms with Gasteiger partial charge in [0.1, 0.15) is 0 Å². The summed E-state index contributed by atoms with van der Waals surface area (Å²) in [5.41, 5.74) is 0. The molecule has 1 atom stereocenters. The van der Waals surface area contributed by atoms with Gasteiger partial charge in [-0.3, -0.25) is 0 Å². The molecule has 5 heteroatoms. The SMILES string of the molecule is CC(C)NCC1CCCCN1c1ncc(Cl)cn1. The molecule has 1 saturated heterocycles. The molecular weight excluding hydrogens is 248 g/mol. The maximum atomic E-state index is 5.83. The van der Waals surface area contributed by atoms with Crippen molar-refractivity contribution in [3.05, 3.63) is 17.4 Å². The molecule has 1 aromatic rings. The minimum Gasteiger partial charge on any atom is -0.337 e. The van der Waals surface area contributed by atoms with Crippen LogP contribution >= 0.6 is 11.6 Å². The van der Waals surface area contributed by atoms with Crippen molar-refractivity contribution in [1.82, 2.24) is 15.3 Å². The molecule has 1 aliphatic rings. The van der Waals surface area contributed by atoms with E-state index in [9.17, 15) is 0 Å². The molecule has 1 N–H and O–H groups in total. The molecule has 0 radical (unpaired) electrons.